The number of aryl methyl sites for hydroxylation is 1. The molecule has 1 atom stereocenters. The maximum atomic E-state index is 12.4. The molecule has 5 nitrogen and oxygen atoms in total. The molecule has 3 rings (SSSR count). The zero-order valence-corrected chi connectivity index (χ0v) is 14.3. The van der Waals surface area contributed by atoms with E-state index in [1.165, 1.54) is 0 Å². The first-order valence-corrected chi connectivity index (χ1v) is 8.03. The molecule has 1 aromatic carbocycles. The Kier molecular flexibility index (Phi) is 3.95. The Morgan fingerprint density at radius 2 is 1.96 bits per heavy atom. The Labute approximate surface area is 141 Å². The van der Waals surface area contributed by atoms with Gasteiger partial charge in [0.1, 0.15) is 6.61 Å². The molecule has 0 saturated carbocycles. The van der Waals surface area contributed by atoms with E-state index in [0.29, 0.717) is 11.3 Å². The second-order valence-electron chi connectivity index (χ2n) is 6.49. The quantitative estimate of drug-likeness (QED) is 0.865. The number of carboxylic acids is 1. The molecule has 0 aromatic heterocycles. The van der Waals surface area contributed by atoms with Gasteiger partial charge in [-0.15, -0.1) is 0 Å². The van der Waals surface area contributed by atoms with E-state index in [1.54, 1.807) is 6.92 Å². The minimum atomic E-state index is -1.00. The Hall–Kier alpha value is -2.56. The van der Waals surface area contributed by atoms with E-state index in [4.69, 9.17) is 4.74 Å². The predicted molar refractivity (Wildman–Crippen MR) is 89.2 cm³/mol. The molecule has 0 fully saturated rings. The van der Waals surface area contributed by atoms with Gasteiger partial charge in [-0.2, -0.15) is 0 Å². The van der Waals surface area contributed by atoms with Gasteiger partial charge in [-0.3, -0.25) is 0 Å². The molecule has 24 heavy (non-hydrogen) atoms. The molecule has 2 aliphatic heterocycles. The van der Waals surface area contributed by atoms with Crippen LogP contribution in [0.3, 0.4) is 0 Å². The third-order valence-electron chi connectivity index (χ3n) is 4.74. The molecule has 2 aliphatic rings. The Balaban J connectivity index is 2.30. The normalized spacial score (nSPS) is 20.6. The van der Waals surface area contributed by atoms with Crippen LogP contribution in [0.5, 0.6) is 0 Å². The molecule has 5 heteroatoms. The van der Waals surface area contributed by atoms with Gasteiger partial charge in [0.05, 0.1) is 22.8 Å². The first-order chi connectivity index (χ1) is 11.3. The van der Waals surface area contributed by atoms with Gasteiger partial charge < -0.3 is 14.7 Å². The van der Waals surface area contributed by atoms with Gasteiger partial charge in [0.15, 0.2) is 0 Å². The number of rotatable bonds is 3. The van der Waals surface area contributed by atoms with E-state index in [1.807, 2.05) is 49.9 Å². The van der Waals surface area contributed by atoms with E-state index < -0.39 is 17.9 Å². The molecule has 0 saturated heterocycles. The summed E-state index contributed by atoms with van der Waals surface area (Å²) >= 11 is 0. The lowest BCUT2D eigenvalue weighted by atomic mass is 9.78. The summed E-state index contributed by atoms with van der Waals surface area (Å²) in [6.07, 6.45) is 0. The first kappa shape index (κ1) is 16.3. The topological polar surface area (TPSA) is 66.8 Å². The second kappa shape index (κ2) is 5.82. The molecule has 126 valence electrons. The number of carboxylic acid groups (broad SMARTS) is 1. The standard InChI is InChI=1S/C19H21NO4/c1-10(2)20-12(4)15(18(21)22)16(13-8-6-5-7-11(13)3)17-14(20)9-24-19(17)23/h5-8,10,16H,9H2,1-4H3,(H,21,22). The van der Waals surface area contributed by atoms with Gasteiger partial charge in [0.2, 0.25) is 0 Å². The van der Waals surface area contributed by atoms with Crippen LogP contribution in [0.4, 0.5) is 0 Å². The molecule has 0 spiro atoms. The molecule has 0 aliphatic carbocycles. The second-order valence-corrected chi connectivity index (χ2v) is 6.49. The van der Waals surface area contributed by atoms with E-state index >= 15 is 0 Å². The van der Waals surface area contributed by atoms with Crippen molar-refractivity contribution in [1.82, 2.24) is 4.90 Å². The van der Waals surface area contributed by atoms with Crippen molar-refractivity contribution < 1.29 is 19.4 Å². The van der Waals surface area contributed by atoms with Crippen molar-refractivity contribution in [3.8, 4) is 0 Å². The minimum absolute atomic E-state index is 0.0386. The summed E-state index contributed by atoms with van der Waals surface area (Å²) in [5.41, 5.74) is 3.95. The van der Waals surface area contributed by atoms with Crippen LogP contribution in [-0.4, -0.2) is 34.6 Å². The highest BCUT2D eigenvalue weighted by Gasteiger charge is 2.45. The summed E-state index contributed by atoms with van der Waals surface area (Å²) in [4.78, 5) is 26.4. The average molecular weight is 327 g/mol. The summed E-state index contributed by atoms with van der Waals surface area (Å²) in [6.45, 7) is 7.88. The average Bonchev–Trinajstić information content (AvgIpc) is 2.87. The van der Waals surface area contributed by atoms with Gasteiger partial charge in [0, 0.05) is 11.7 Å². The number of nitrogens with zero attached hydrogens (tertiary/aromatic N) is 1. The molecule has 2 heterocycles. The number of benzene rings is 1. The lowest BCUT2D eigenvalue weighted by Gasteiger charge is -2.38. The third-order valence-corrected chi connectivity index (χ3v) is 4.74. The number of carbonyl (C=O) groups is 2. The van der Waals surface area contributed by atoms with Crippen molar-refractivity contribution in [2.24, 2.45) is 0 Å². The van der Waals surface area contributed by atoms with Crippen molar-refractivity contribution in [3.05, 3.63) is 57.9 Å². The Morgan fingerprint density at radius 3 is 2.54 bits per heavy atom. The molecule has 1 aromatic rings. The summed E-state index contributed by atoms with van der Waals surface area (Å²) in [6, 6.07) is 7.63. The van der Waals surface area contributed by atoms with E-state index in [9.17, 15) is 14.7 Å². The van der Waals surface area contributed by atoms with Crippen LogP contribution in [0.15, 0.2) is 46.8 Å². The molecule has 0 amide bonds. The fourth-order valence-electron chi connectivity index (χ4n) is 3.78. The van der Waals surface area contributed by atoms with Crippen molar-refractivity contribution in [2.75, 3.05) is 6.61 Å². The van der Waals surface area contributed by atoms with Gasteiger partial charge in [-0.1, -0.05) is 24.3 Å². The highest BCUT2D eigenvalue weighted by molar-refractivity contribution is 6.00. The SMILES string of the molecule is CC1=C(C(=O)O)C(c2ccccc2C)C2=C(COC2=O)N1C(C)C. The van der Waals surface area contributed by atoms with Crippen LogP contribution in [0.25, 0.3) is 0 Å². The third kappa shape index (κ3) is 2.31. The van der Waals surface area contributed by atoms with Crippen LogP contribution < -0.4 is 0 Å². The predicted octanol–water partition coefficient (Wildman–Crippen LogP) is 2.97. The Bertz CT molecular complexity index is 786. The van der Waals surface area contributed by atoms with E-state index in [-0.39, 0.29) is 18.2 Å². The molecular weight excluding hydrogens is 306 g/mol. The van der Waals surface area contributed by atoms with Crippen LogP contribution in [0.1, 0.15) is 37.8 Å². The van der Waals surface area contributed by atoms with E-state index in [2.05, 4.69) is 0 Å². The van der Waals surface area contributed by atoms with Crippen molar-refractivity contribution in [1.29, 1.82) is 0 Å². The fourth-order valence-corrected chi connectivity index (χ4v) is 3.78. The van der Waals surface area contributed by atoms with Crippen molar-refractivity contribution in [2.45, 2.75) is 39.7 Å². The highest BCUT2D eigenvalue weighted by Crippen LogP contribution is 2.46. The largest absolute Gasteiger partial charge is 0.478 e. The summed E-state index contributed by atoms with van der Waals surface area (Å²) < 4.78 is 5.27. The van der Waals surface area contributed by atoms with E-state index in [0.717, 1.165) is 16.8 Å². The van der Waals surface area contributed by atoms with Crippen LogP contribution in [0.2, 0.25) is 0 Å². The van der Waals surface area contributed by atoms with Gasteiger partial charge >= 0.3 is 11.9 Å². The van der Waals surface area contributed by atoms with Gasteiger partial charge in [-0.25, -0.2) is 9.59 Å². The number of hydrogen-bond acceptors (Lipinski definition) is 4. The molecule has 0 bridgehead atoms. The fraction of sp³-hybridized carbons (Fsp3) is 0.368. The summed E-state index contributed by atoms with van der Waals surface area (Å²) in [7, 11) is 0. The molecule has 0 radical (unpaired) electrons. The summed E-state index contributed by atoms with van der Waals surface area (Å²) in [5.74, 6) is -2.02. The van der Waals surface area contributed by atoms with Crippen LogP contribution >= 0.6 is 0 Å². The number of cyclic esters (lactones) is 1. The van der Waals surface area contributed by atoms with Crippen molar-refractivity contribution in [3.63, 3.8) is 0 Å². The van der Waals surface area contributed by atoms with Crippen LogP contribution in [-0.2, 0) is 14.3 Å². The number of aliphatic carboxylic acids is 1. The highest BCUT2D eigenvalue weighted by atomic mass is 16.5. The smallest absolute Gasteiger partial charge is 0.337 e. The van der Waals surface area contributed by atoms with Gasteiger partial charge in [0.25, 0.3) is 0 Å². The lowest BCUT2D eigenvalue weighted by Crippen LogP contribution is -2.37. The maximum absolute atomic E-state index is 12.4. The number of allylic oxidation sites excluding steroid dienone is 1. The number of ether oxygens (including phenoxy) is 1. The first-order valence-electron chi connectivity index (χ1n) is 8.03. The minimum Gasteiger partial charge on any atom is -0.478 e. The number of carbonyl (C=O) groups excluding carboxylic acids is 1. The van der Waals surface area contributed by atoms with Gasteiger partial charge in [-0.05, 0) is 38.8 Å². The zero-order chi connectivity index (χ0) is 17.6. The Morgan fingerprint density at radius 1 is 1.29 bits per heavy atom. The number of hydrogen-bond donors (Lipinski definition) is 1. The monoisotopic (exact) mass is 327 g/mol. The van der Waals surface area contributed by atoms with Crippen molar-refractivity contribution >= 4 is 11.9 Å². The lowest BCUT2D eigenvalue weighted by molar-refractivity contribution is -0.136. The van der Waals surface area contributed by atoms with Crippen LogP contribution in [0, 0.1) is 6.92 Å². The maximum Gasteiger partial charge on any atom is 0.337 e. The molecular formula is C19H21NO4. The summed E-state index contributed by atoms with van der Waals surface area (Å²) in [5, 5.41) is 9.88. The zero-order valence-electron chi connectivity index (χ0n) is 14.3. The number of esters is 1. The molecule has 1 unspecified atom stereocenters. The molecule has 1 N–H and O–H groups in total.